The molecule has 0 spiro atoms. The normalized spacial score (nSPS) is 10.3. The van der Waals surface area contributed by atoms with Gasteiger partial charge in [-0.2, -0.15) is 0 Å². The van der Waals surface area contributed by atoms with Crippen molar-refractivity contribution in [3.63, 3.8) is 0 Å². The summed E-state index contributed by atoms with van der Waals surface area (Å²) in [6, 6.07) is 8.90. The van der Waals surface area contributed by atoms with Gasteiger partial charge in [-0.05, 0) is 42.5 Å². The van der Waals surface area contributed by atoms with E-state index in [-0.39, 0.29) is 21.7 Å². The SMILES string of the molecule is O=C(COc1c(F)cc(C(=O)c2ccc(F)cc2)cc1Cl)NNC(=O)c1ccc(=O)oc1. The second-order valence-corrected chi connectivity index (χ2v) is 6.65. The van der Waals surface area contributed by atoms with Crippen LogP contribution < -0.4 is 21.2 Å². The molecule has 0 saturated heterocycles. The van der Waals surface area contributed by atoms with E-state index < -0.39 is 47.2 Å². The molecule has 0 aliphatic heterocycles. The molecule has 0 fully saturated rings. The van der Waals surface area contributed by atoms with Crippen LogP contribution in [0.5, 0.6) is 5.75 Å². The van der Waals surface area contributed by atoms with E-state index in [0.29, 0.717) is 0 Å². The van der Waals surface area contributed by atoms with Crippen LogP contribution in [0.2, 0.25) is 5.02 Å². The fraction of sp³-hybridized carbons (Fsp3) is 0.0476. The van der Waals surface area contributed by atoms with Gasteiger partial charge in [0.15, 0.2) is 24.0 Å². The van der Waals surface area contributed by atoms with Crippen molar-refractivity contribution in [1.29, 1.82) is 0 Å². The lowest BCUT2D eigenvalue weighted by molar-refractivity contribution is -0.123. The number of carbonyl (C=O) groups is 3. The number of benzene rings is 2. The fourth-order valence-corrected chi connectivity index (χ4v) is 2.72. The summed E-state index contributed by atoms with van der Waals surface area (Å²) in [5.74, 6) is -4.21. The van der Waals surface area contributed by atoms with Gasteiger partial charge in [0.2, 0.25) is 0 Å². The molecule has 32 heavy (non-hydrogen) atoms. The van der Waals surface area contributed by atoms with Gasteiger partial charge in [0, 0.05) is 17.2 Å². The molecular formula is C21H13ClF2N2O6. The average Bonchev–Trinajstić information content (AvgIpc) is 2.77. The molecule has 0 aliphatic carbocycles. The van der Waals surface area contributed by atoms with Gasteiger partial charge < -0.3 is 9.15 Å². The molecule has 1 heterocycles. The fourth-order valence-electron chi connectivity index (χ4n) is 2.46. The van der Waals surface area contributed by atoms with Crippen LogP contribution in [0.4, 0.5) is 8.78 Å². The van der Waals surface area contributed by atoms with Crippen LogP contribution >= 0.6 is 11.6 Å². The maximum atomic E-state index is 14.4. The Balaban J connectivity index is 1.60. The van der Waals surface area contributed by atoms with Gasteiger partial charge in [-0.15, -0.1) is 0 Å². The average molecular weight is 463 g/mol. The number of carbonyl (C=O) groups excluding carboxylic acids is 3. The first kappa shape index (κ1) is 22.6. The van der Waals surface area contributed by atoms with Crippen LogP contribution in [-0.2, 0) is 4.79 Å². The van der Waals surface area contributed by atoms with Crippen LogP contribution in [0.1, 0.15) is 26.3 Å². The van der Waals surface area contributed by atoms with E-state index in [1.165, 1.54) is 18.2 Å². The summed E-state index contributed by atoms with van der Waals surface area (Å²) in [4.78, 5) is 46.9. The van der Waals surface area contributed by atoms with Crippen molar-refractivity contribution >= 4 is 29.2 Å². The maximum absolute atomic E-state index is 14.4. The first-order valence-electron chi connectivity index (χ1n) is 8.85. The summed E-state index contributed by atoms with van der Waals surface area (Å²) in [6.07, 6.45) is 0.907. The molecule has 2 N–H and O–H groups in total. The molecule has 11 heteroatoms. The molecule has 8 nitrogen and oxygen atoms in total. The Hall–Kier alpha value is -4.05. The number of halogens is 3. The van der Waals surface area contributed by atoms with Crippen molar-refractivity contribution in [2.75, 3.05) is 6.61 Å². The Kier molecular flexibility index (Phi) is 6.96. The van der Waals surface area contributed by atoms with Gasteiger partial charge in [0.05, 0.1) is 10.6 Å². The second kappa shape index (κ2) is 9.84. The number of hydrogen-bond donors (Lipinski definition) is 2. The summed E-state index contributed by atoms with van der Waals surface area (Å²) in [7, 11) is 0. The number of ether oxygens (including phenoxy) is 1. The van der Waals surface area contributed by atoms with Gasteiger partial charge in [0.1, 0.15) is 12.1 Å². The van der Waals surface area contributed by atoms with Gasteiger partial charge >= 0.3 is 5.63 Å². The third-order valence-corrected chi connectivity index (χ3v) is 4.27. The molecule has 0 atom stereocenters. The summed E-state index contributed by atoms with van der Waals surface area (Å²) in [6.45, 7) is -0.716. The molecule has 3 rings (SSSR count). The molecule has 1 aromatic heterocycles. The van der Waals surface area contributed by atoms with E-state index >= 15 is 0 Å². The van der Waals surface area contributed by atoms with Gasteiger partial charge in [-0.1, -0.05) is 11.6 Å². The molecule has 0 unspecified atom stereocenters. The molecule has 164 valence electrons. The summed E-state index contributed by atoms with van der Waals surface area (Å²) in [5, 5.41) is -0.272. The lowest BCUT2D eigenvalue weighted by Gasteiger charge is -2.11. The summed E-state index contributed by atoms with van der Waals surface area (Å²) in [5.41, 5.74) is 3.43. The minimum absolute atomic E-state index is 0.0266. The number of ketones is 1. The third kappa shape index (κ3) is 5.55. The number of hydrazine groups is 1. The lowest BCUT2D eigenvalue weighted by Crippen LogP contribution is -2.43. The molecule has 2 aromatic carbocycles. The predicted molar refractivity (Wildman–Crippen MR) is 107 cm³/mol. The van der Waals surface area contributed by atoms with Crippen molar-refractivity contribution < 1.29 is 32.3 Å². The highest BCUT2D eigenvalue weighted by Gasteiger charge is 2.18. The highest BCUT2D eigenvalue weighted by atomic mass is 35.5. The molecule has 0 saturated carbocycles. The molecule has 3 aromatic rings. The van der Waals surface area contributed by atoms with E-state index in [1.54, 1.807) is 0 Å². The van der Waals surface area contributed by atoms with Crippen molar-refractivity contribution in [3.8, 4) is 5.75 Å². The van der Waals surface area contributed by atoms with Crippen LogP contribution in [-0.4, -0.2) is 24.2 Å². The first-order valence-corrected chi connectivity index (χ1v) is 9.22. The molecule has 0 radical (unpaired) electrons. The van der Waals surface area contributed by atoms with Gasteiger partial charge in [-0.3, -0.25) is 25.2 Å². The molecule has 2 amide bonds. The predicted octanol–water partition coefficient (Wildman–Crippen LogP) is 2.64. The van der Waals surface area contributed by atoms with E-state index in [2.05, 4.69) is 9.84 Å². The second-order valence-electron chi connectivity index (χ2n) is 6.24. The third-order valence-electron chi connectivity index (χ3n) is 3.99. The van der Waals surface area contributed by atoms with E-state index in [4.69, 9.17) is 16.3 Å². The number of rotatable bonds is 6. The minimum atomic E-state index is -1.00. The number of amides is 2. The largest absolute Gasteiger partial charge is 0.479 e. The lowest BCUT2D eigenvalue weighted by atomic mass is 10.0. The topological polar surface area (TPSA) is 115 Å². The van der Waals surface area contributed by atoms with Crippen LogP contribution in [0, 0.1) is 11.6 Å². The minimum Gasteiger partial charge on any atom is -0.479 e. The van der Waals surface area contributed by atoms with Crippen molar-refractivity contribution in [2.24, 2.45) is 0 Å². The molecule has 0 aliphatic rings. The van der Waals surface area contributed by atoms with Gasteiger partial charge in [0.25, 0.3) is 11.8 Å². The quantitative estimate of drug-likeness (QED) is 0.430. The van der Waals surface area contributed by atoms with E-state index in [0.717, 1.165) is 36.6 Å². The Bertz CT molecular complexity index is 1200. The summed E-state index contributed by atoms with van der Waals surface area (Å²) < 4.78 is 37.0. The zero-order valence-electron chi connectivity index (χ0n) is 16.0. The van der Waals surface area contributed by atoms with Crippen LogP contribution in [0.25, 0.3) is 0 Å². The van der Waals surface area contributed by atoms with E-state index in [1.807, 2.05) is 5.43 Å². The van der Waals surface area contributed by atoms with E-state index in [9.17, 15) is 28.0 Å². The maximum Gasteiger partial charge on any atom is 0.335 e. The smallest absolute Gasteiger partial charge is 0.335 e. The zero-order valence-corrected chi connectivity index (χ0v) is 16.7. The Labute approximate surface area is 183 Å². The van der Waals surface area contributed by atoms with Crippen molar-refractivity contribution in [3.05, 3.63) is 98.6 Å². The van der Waals surface area contributed by atoms with Crippen molar-refractivity contribution in [2.45, 2.75) is 0 Å². The standard InChI is InChI=1S/C21H13ClF2N2O6/c22-15-7-13(19(29)11-1-4-14(23)5-2-11)8-16(24)20(15)32-10-17(27)25-26-21(30)12-3-6-18(28)31-9-12/h1-9H,10H2,(H,25,27)(H,26,30). The zero-order chi connectivity index (χ0) is 23.3. The Morgan fingerprint density at radius 2 is 1.62 bits per heavy atom. The molecule has 0 bridgehead atoms. The van der Waals surface area contributed by atoms with Crippen LogP contribution in [0.15, 0.2) is 64.0 Å². The first-order chi connectivity index (χ1) is 15.2. The number of nitrogens with one attached hydrogen (secondary N) is 2. The van der Waals surface area contributed by atoms with Crippen LogP contribution in [0.3, 0.4) is 0 Å². The van der Waals surface area contributed by atoms with Gasteiger partial charge in [-0.25, -0.2) is 13.6 Å². The Morgan fingerprint density at radius 3 is 2.25 bits per heavy atom. The highest BCUT2D eigenvalue weighted by Crippen LogP contribution is 2.30. The monoisotopic (exact) mass is 462 g/mol. The van der Waals surface area contributed by atoms with Crippen molar-refractivity contribution in [1.82, 2.24) is 10.9 Å². The summed E-state index contributed by atoms with van der Waals surface area (Å²) >= 11 is 5.98. The highest BCUT2D eigenvalue weighted by molar-refractivity contribution is 6.32. The number of hydrogen-bond acceptors (Lipinski definition) is 6. The Morgan fingerprint density at radius 1 is 0.938 bits per heavy atom. The molecular weight excluding hydrogens is 450 g/mol.